The smallest absolute Gasteiger partial charge is 0.315 e. The van der Waals surface area contributed by atoms with Crippen LogP contribution in [0.4, 0.5) is 4.79 Å². The van der Waals surface area contributed by atoms with Crippen molar-refractivity contribution in [3.63, 3.8) is 0 Å². The molecule has 1 aliphatic rings. The Bertz CT molecular complexity index is 472. The first kappa shape index (κ1) is 16.3. The molecule has 1 fully saturated rings. The van der Waals surface area contributed by atoms with Crippen molar-refractivity contribution in [3.05, 3.63) is 30.1 Å². The van der Waals surface area contributed by atoms with Gasteiger partial charge >= 0.3 is 6.03 Å². The molecule has 0 aliphatic heterocycles. The number of pyridine rings is 1. The minimum absolute atomic E-state index is 0.0743. The van der Waals surface area contributed by atoms with Crippen LogP contribution in [0.5, 0.6) is 0 Å². The van der Waals surface area contributed by atoms with Crippen molar-refractivity contribution in [2.24, 2.45) is 0 Å². The number of aromatic nitrogens is 1. The summed E-state index contributed by atoms with van der Waals surface area (Å²) < 4.78 is 0. The predicted molar refractivity (Wildman–Crippen MR) is 84.1 cm³/mol. The number of hydrogen-bond acceptors (Lipinski definition) is 3. The van der Waals surface area contributed by atoms with Crippen molar-refractivity contribution in [3.8, 4) is 0 Å². The molecule has 0 saturated heterocycles. The maximum absolute atomic E-state index is 11.7. The molecule has 22 heavy (non-hydrogen) atoms. The Hall–Kier alpha value is -2.11. The van der Waals surface area contributed by atoms with Gasteiger partial charge < -0.3 is 16.0 Å². The Kier molecular flexibility index (Phi) is 6.67. The van der Waals surface area contributed by atoms with E-state index >= 15 is 0 Å². The van der Waals surface area contributed by atoms with E-state index in [2.05, 4.69) is 20.9 Å². The summed E-state index contributed by atoms with van der Waals surface area (Å²) in [5.74, 6) is -0.0743. The van der Waals surface area contributed by atoms with Crippen LogP contribution in [0.2, 0.25) is 0 Å². The Morgan fingerprint density at radius 3 is 2.55 bits per heavy atom. The van der Waals surface area contributed by atoms with Gasteiger partial charge in [-0.05, 0) is 30.5 Å². The fraction of sp³-hybridized carbons (Fsp3) is 0.562. The van der Waals surface area contributed by atoms with E-state index in [-0.39, 0.29) is 24.4 Å². The molecule has 0 unspecified atom stereocenters. The minimum atomic E-state index is -0.172. The Balaban J connectivity index is 1.55. The fourth-order valence-corrected chi connectivity index (χ4v) is 2.56. The van der Waals surface area contributed by atoms with Crippen molar-refractivity contribution in [1.29, 1.82) is 0 Å². The summed E-state index contributed by atoms with van der Waals surface area (Å²) in [4.78, 5) is 27.3. The van der Waals surface area contributed by atoms with Gasteiger partial charge in [0.2, 0.25) is 5.91 Å². The lowest BCUT2D eigenvalue weighted by molar-refractivity contribution is -0.121. The zero-order valence-corrected chi connectivity index (χ0v) is 12.8. The highest BCUT2D eigenvalue weighted by atomic mass is 16.2. The van der Waals surface area contributed by atoms with Crippen LogP contribution in [0.25, 0.3) is 0 Å². The summed E-state index contributed by atoms with van der Waals surface area (Å²) in [7, 11) is 0. The highest BCUT2D eigenvalue weighted by molar-refractivity contribution is 5.78. The third-order valence-corrected chi connectivity index (χ3v) is 3.82. The molecule has 3 N–H and O–H groups in total. The summed E-state index contributed by atoms with van der Waals surface area (Å²) in [6.45, 7) is 0.830. The molecular weight excluding hydrogens is 280 g/mol. The highest BCUT2D eigenvalue weighted by Gasteiger charge is 2.15. The standard InChI is InChI=1S/C16H24N4O2/c21-15(19-12-13-6-9-17-10-7-13)8-11-18-16(22)20-14-4-2-1-3-5-14/h6-7,9-10,14H,1-5,8,11-12H2,(H,19,21)(H2,18,20,22). The van der Waals surface area contributed by atoms with E-state index in [1.165, 1.54) is 19.3 Å². The highest BCUT2D eigenvalue weighted by Crippen LogP contribution is 2.17. The number of carbonyl (C=O) groups is 2. The van der Waals surface area contributed by atoms with Crippen LogP contribution in [0, 0.1) is 0 Å². The SMILES string of the molecule is O=C(CCNC(=O)NC1CCCCC1)NCc1ccncc1. The first-order valence-corrected chi connectivity index (χ1v) is 7.94. The topological polar surface area (TPSA) is 83.1 Å². The van der Waals surface area contributed by atoms with Gasteiger partial charge in [0, 0.05) is 37.9 Å². The third-order valence-electron chi connectivity index (χ3n) is 3.82. The molecule has 120 valence electrons. The third kappa shape index (κ3) is 6.11. The van der Waals surface area contributed by atoms with Crippen LogP contribution in [0.1, 0.15) is 44.1 Å². The number of rotatable bonds is 6. The summed E-state index contributed by atoms with van der Waals surface area (Å²) in [5, 5.41) is 8.52. The van der Waals surface area contributed by atoms with E-state index < -0.39 is 0 Å². The zero-order chi connectivity index (χ0) is 15.6. The average Bonchev–Trinajstić information content (AvgIpc) is 2.55. The molecule has 1 aliphatic carbocycles. The van der Waals surface area contributed by atoms with Crippen molar-refractivity contribution in [1.82, 2.24) is 20.9 Å². The molecule has 0 bridgehead atoms. The largest absolute Gasteiger partial charge is 0.352 e. The van der Waals surface area contributed by atoms with E-state index in [0.29, 0.717) is 13.1 Å². The van der Waals surface area contributed by atoms with E-state index in [9.17, 15) is 9.59 Å². The lowest BCUT2D eigenvalue weighted by Gasteiger charge is -2.22. The fourth-order valence-electron chi connectivity index (χ4n) is 2.56. The number of urea groups is 1. The van der Waals surface area contributed by atoms with Gasteiger partial charge in [-0.3, -0.25) is 9.78 Å². The first-order chi connectivity index (χ1) is 10.7. The molecule has 1 heterocycles. The normalized spacial score (nSPS) is 15.1. The maximum Gasteiger partial charge on any atom is 0.315 e. The van der Waals surface area contributed by atoms with Crippen LogP contribution >= 0.6 is 0 Å². The summed E-state index contributed by atoms with van der Waals surface area (Å²) in [5.41, 5.74) is 1.01. The number of nitrogens with zero attached hydrogens (tertiary/aromatic N) is 1. The summed E-state index contributed by atoms with van der Waals surface area (Å²) in [6, 6.07) is 3.83. The molecule has 0 aromatic carbocycles. The molecule has 0 spiro atoms. The second kappa shape index (κ2) is 9.02. The molecule has 6 heteroatoms. The van der Waals surface area contributed by atoms with E-state index in [4.69, 9.17) is 0 Å². The molecule has 6 nitrogen and oxygen atoms in total. The van der Waals surface area contributed by atoms with Gasteiger partial charge in [0.1, 0.15) is 0 Å². The van der Waals surface area contributed by atoms with Gasteiger partial charge in [-0.2, -0.15) is 0 Å². The van der Waals surface area contributed by atoms with Crippen LogP contribution in [-0.4, -0.2) is 29.5 Å². The van der Waals surface area contributed by atoms with Gasteiger partial charge in [0.15, 0.2) is 0 Å². The number of amides is 3. The quantitative estimate of drug-likeness (QED) is 0.748. The Morgan fingerprint density at radius 2 is 1.82 bits per heavy atom. The van der Waals surface area contributed by atoms with Gasteiger partial charge in [-0.25, -0.2) is 4.79 Å². The second-order valence-electron chi connectivity index (χ2n) is 5.62. The lowest BCUT2D eigenvalue weighted by atomic mass is 9.96. The molecule has 0 atom stereocenters. The van der Waals surface area contributed by atoms with Gasteiger partial charge in [-0.15, -0.1) is 0 Å². The molecule has 1 aromatic rings. The van der Waals surface area contributed by atoms with Crippen LogP contribution in [0.15, 0.2) is 24.5 Å². The van der Waals surface area contributed by atoms with Crippen molar-refractivity contribution in [2.75, 3.05) is 6.54 Å². The lowest BCUT2D eigenvalue weighted by Crippen LogP contribution is -2.43. The van der Waals surface area contributed by atoms with Crippen molar-refractivity contribution < 1.29 is 9.59 Å². The van der Waals surface area contributed by atoms with E-state index in [1.54, 1.807) is 12.4 Å². The maximum atomic E-state index is 11.7. The van der Waals surface area contributed by atoms with E-state index in [0.717, 1.165) is 18.4 Å². The number of carbonyl (C=O) groups excluding carboxylic acids is 2. The van der Waals surface area contributed by atoms with Crippen LogP contribution in [0.3, 0.4) is 0 Å². The second-order valence-corrected chi connectivity index (χ2v) is 5.62. The zero-order valence-electron chi connectivity index (χ0n) is 12.8. The predicted octanol–water partition coefficient (Wildman–Crippen LogP) is 1.72. The molecular formula is C16H24N4O2. The Labute approximate surface area is 131 Å². The van der Waals surface area contributed by atoms with Gasteiger partial charge in [0.05, 0.1) is 0 Å². The van der Waals surface area contributed by atoms with Gasteiger partial charge in [0.25, 0.3) is 0 Å². The first-order valence-electron chi connectivity index (χ1n) is 7.94. The van der Waals surface area contributed by atoms with Crippen molar-refractivity contribution >= 4 is 11.9 Å². The Morgan fingerprint density at radius 1 is 1.09 bits per heavy atom. The molecule has 0 radical (unpaired) electrons. The van der Waals surface area contributed by atoms with Crippen LogP contribution < -0.4 is 16.0 Å². The monoisotopic (exact) mass is 304 g/mol. The minimum Gasteiger partial charge on any atom is -0.352 e. The molecule has 1 aromatic heterocycles. The van der Waals surface area contributed by atoms with E-state index in [1.807, 2.05) is 12.1 Å². The molecule has 2 rings (SSSR count). The van der Waals surface area contributed by atoms with Crippen molar-refractivity contribution in [2.45, 2.75) is 51.1 Å². The van der Waals surface area contributed by atoms with Crippen LogP contribution in [-0.2, 0) is 11.3 Å². The van der Waals surface area contributed by atoms with Gasteiger partial charge in [-0.1, -0.05) is 19.3 Å². The number of nitrogens with one attached hydrogen (secondary N) is 3. The number of hydrogen-bond donors (Lipinski definition) is 3. The molecule has 1 saturated carbocycles. The summed E-state index contributed by atoms with van der Waals surface area (Å²) >= 11 is 0. The average molecular weight is 304 g/mol. The summed E-state index contributed by atoms with van der Waals surface area (Å²) in [6.07, 6.45) is 9.41. The molecule has 3 amide bonds.